The van der Waals surface area contributed by atoms with Gasteiger partial charge in [-0.05, 0) is 68.1 Å². The van der Waals surface area contributed by atoms with Crippen LogP contribution in [0.2, 0.25) is 0 Å². The summed E-state index contributed by atoms with van der Waals surface area (Å²) in [6.45, 7) is 2.68. The third-order valence-corrected chi connectivity index (χ3v) is 8.68. The Morgan fingerprint density at radius 3 is 2.69 bits per heavy atom. The molecule has 174 valence electrons. The van der Waals surface area contributed by atoms with E-state index < -0.39 is 0 Å². The van der Waals surface area contributed by atoms with Crippen molar-refractivity contribution in [3.63, 3.8) is 0 Å². The van der Waals surface area contributed by atoms with Crippen molar-refractivity contribution in [2.45, 2.75) is 70.1 Å². The number of carbonyl (C=O) groups excluding carboxylic acids is 1. The molecule has 1 aromatic rings. The van der Waals surface area contributed by atoms with Gasteiger partial charge in [0.15, 0.2) is 0 Å². The minimum absolute atomic E-state index is 0.0966. The molecule has 8 nitrogen and oxygen atoms in total. The van der Waals surface area contributed by atoms with Gasteiger partial charge in [0.1, 0.15) is 18.2 Å². The van der Waals surface area contributed by atoms with Gasteiger partial charge in [0.05, 0.1) is 31.6 Å². The average molecular weight is 443 g/mol. The second-order valence-electron chi connectivity index (χ2n) is 10.9. The van der Waals surface area contributed by atoms with Crippen molar-refractivity contribution in [2.75, 3.05) is 31.6 Å². The van der Waals surface area contributed by atoms with Gasteiger partial charge in [0, 0.05) is 25.1 Å². The second-order valence-corrected chi connectivity index (χ2v) is 10.9. The molecule has 1 aromatic heterocycles. The lowest BCUT2D eigenvalue weighted by Gasteiger charge is -2.58. The van der Waals surface area contributed by atoms with Crippen LogP contribution in [0, 0.1) is 23.2 Å². The SMILES string of the molecule is O=C(O[C@@H]1CCOC1)N1CCc2c(ncnc2NCC(O)C23CC4CC(CC(C4)C2)C3)C1. The lowest BCUT2D eigenvalue weighted by Crippen LogP contribution is -2.53. The number of anilines is 1. The summed E-state index contributed by atoms with van der Waals surface area (Å²) in [6.07, 6.45) is 9.92. The van der Waals surface area contributed by atoms with Gasteiger partial charge in [-0.15, -0.1) is 0 Å². The molecule has 3 heterocycles. The predicted molar refractivity (Wildman–Crippen MR) is 117 cm³/mol. The van der Waals surface area contributed by atoms with Crippen molar-refractivity contribution < 1.29 is 19.4 Å². The number of fused-ring (bicyclic) bond motifs is 1. The summed E-state index contributed by atoms with van der Waals surface area (Å²) >= 11 is 0. The summed E-state index contributed by atoms with van der Waals surface area (Å²) in [5, 5.41) is 14.7. The number of rotatable bonds is 5. The Hall–Kier alpha value is -1.93. The normalized spacial score (nSPS) is 36.1. The molecule has 4 bridgehead atoms. The number of aromatic nitrogens is 2. The number of aliphatic hydroxyl groups excluding tert-OH is 1. The minimum atomic E-state index is -0.342. The number of aliphatic hydroxyl groups is 1. The fourth-order valence-electron chi connectivity index (χ4n) is 7.48. The van der Waals surface area contributed by atoms with E-state index in [1.807, 2.05) is 0 Å². The third kappa shape index (κ3) is 3.75. The molecule has 7 rings (SSSR count). The molecule has 2 atom stereocenters. The first-order valence-corrected chi connectivity index (χ1v) is 12.4. The van der Waals surface area contributed by atoms with Crippen LogP contribution in [0.4, 0.5) is 10.6 Å². The average Bonchev–Trinajstić information content (AvgIpc) is 3.29. The highest BCUT2D eigenvalue weighted by molar-refractivity contribution is 5.68. The first-order valence-electron chi connectivity index (χ1n) is 12.4. The molecule has 4 saturated carbocycles. The lowest BCUT2D eigenvalue weighted by molar-refractivity contribution is -0.115. The maximum Gasteiger partial charge on any atom is 0.410 e. The molecule has 0 aromatic carbocycles. The van der Waals surface area contributed by atoms with E-state index >= 15 is 0 Å². The summed E-state index contributed by atoms with van der Waals surface area (Å²) < 4.78 is 10.9. The van der Waals surface area contributed by atoms with Crippen LogP contribution in [-0.4, -0.2) is 64.6 Å². The van der Waals surface area contributed by atoms with Crippen molar-refractivity contribution in [3.05, 3.63) is 17.6 Å². The Bertz CT molecular complexity index is 836. The van der Waals surface area contributed by atoms with Crippen LogP contribution in [0.1, 0.15) is 56.2 Å². The number of ether oxygens (including phenoxy) is 2. The Morgan fingerprint density at radius 2 is 2.00 bits per heavy atom. The standard InChI is InChI=1S/C24H34N4O4/c29-21(24-8-15-5-16(9-24)7-17(6-15)10-24)11-25-22-19-1-3-28(12-20(19)26-14-27-22)23(30)32-18-2-4-31-13-18/h14-18,21,29H,1-13H2,(H,25,26,27)/t15?,16?,17?,18-,21?,24?/m1/s1. The number of hydrogen-bond donors (Lipinski definition) is 2. The summed E-state index contributed by atoms with van der Waals surface area (Å²) in [4.78, 5) is 23.2. The van der Waals surface area contributed by atoms with Crippen LogP contribution >= 0.6 is 0 Å². The molecule has 5 fully saturated rings. The van der Waals surface area contributed by atoms with Crippen LogP contribution < -0.4 is 5.32 Å². The number of carbonyl (C=O) groups is 1. The second kappa shape index (κ2) is 8.13. The highest BCUT2D eigenvalue weighted by atomic mass is 16.6. The lowest BCUT2D eigenvalue weighted by atomic mass is 9.48. The predicted octanol–water partition coefficient (Wildman–Crippen LogP) is 2.75. The smallest absolute Gasteiger partial charge is 0.410 e. The van der Waals surface area contributed by atoms with E-state index in [1.54, 1.807) is 11.2 Å². The van der Waals surface area contributed by atoms with Crippen LogP contribution in [0.15, 0.2) is 6.33 Å². The van der Waals surface area contributed by atoms with Crippen LogP contribution in [0.5, 0.6) is 0 Å². The van der Waals surface area contributed by atoms with E-state index in [0.717, 1.165) is 41.2 Å². The summed E-state index contributed by atoms with van der Waals surface area (Å²) in [7, 11) is 0. The van der Waals surface area contributed by atoms with Gasteiger partial charge in [-0.1, -0.05) is 0 Å². The zero-order valence-electron chi connectivity index (χ0n) is 18.7. The fraction of sp³-hybridized carbons (Fsp3) is 0.792. The van der Waals surface area contributed by atoms with Crippen molar-refractivity contribution >= 4 is 11.9 Å². The fourth-order valence-corrected chi connectivity index (χ4v) is 7.48. The van der Waals surface area contributed by atoms with Crippen molar-refractivity contribution in [1.82, 2.24) is 14.9 Å². The Balaban J connectivity index is 1.09. The Labute approximate surface area is 189 Å². The highest BCUT2D eigenvalue weighted by Crippen LogP contribution is 2.61. The van der Waals surface area contributed by atoms with Gasteiger partial charge in [-0.3, -0.25) is 0 Å². The molecule has 32 heavy (non-hydrogen) atoms. The highest BCUT2D eigenvalue weighted by Gasteiger charge is 2.53. The maximum atomic E-state index is 12.5. The topological polar surface area (TPSA) is 96.8 Å². The Kier molecular flexibility index (Phi) is 5.25. The monoisotopic (exact) mass is 442 g/mol. The number of nitrogens with one attached hydrogen (secondary N) is 1. The van der Waals surface area contributed by atoms with Crippen molar-refractivity contribution in [1.29, 1.82) is 0 Å². The zero-order valence-corrected chi connectivity index (χ0v) is 18.7. The van der Waals surface area contributed by atoms with Gasteiger partial charge in [-0.25, -0.2) is 14.8 Å². The first kappa shape index (κ1) is 20.7. The summed E-state index contributed by atoms with van der Waals surface area (Å²) in [6, 6.07) is 0. The molecule has 1 amide bonds. The van der Waals surface area contributed by atoms with Gasteiger partial charge < -0.3 is 24.8 Å². The Morgan fingerprint density at radius 1 is 1.25 bits per heavy atom. The van der Waals surface area contributed by atoms with Gasteiger partial charge in [0.2, 0.25) is 0 Å². The molecule has 2 N–H and O–H groups in total. The quantitative estimate of drug-likeness (QED) is 0.724. The molecule has 4 aliphatic carbocycles. The van der Waals surface area contributed by atoms with Crippen molar-refractivity contribution in [3.8, 4) is 0 Å². The van der Waals surface area contributed by atoms with Gasteiger partial charge in [-0.2, -0.15) is 0 Å². The van der Waals surface area contributed by atoms with Gasteiger partial charge in [0.25, 0.3) is 0 Å². The molecular weight excluding hydrogens is 408 g/mol. The number of hydrogen-bond acceptors (Lipinski definition) is 7. The first-order chi connectivity index (χ1) is 15.6. The number of amides is 1. The molecule has 0 radical (unpaired) electrons. The van der Waals surface area contributed by atoms with Gasteiger partial charge >= 0.3 is 6.09 Å². The molecule has 1 saturated heterocycles. The van der Waals surface area contributed by atoms with Crippen molar-refractivity contribution in [2.24, 2.45) is 23.2 Å². The minimum Gasteiger partial charge on any atom is -0.444 e. The van der Waals surface area contributed by atoms with E-state index in [0.29, 0.717) is 39.3 Å². The number of nitrogens with zero attached hydrogens (tertiary/aromatic N) is 3. The van der Waals surface area contributed by atoms with Crippen LogP contribution in [0.3, 0.4) is 0 Å². The van der Waals surface area contributed by atoms with Crippen LogP contribution in [-0.2, 0) is 22.4 Å². The molecule has 1 unspecified atom stereocenters. The van der Waals surface area contributed by atoms with E-state index in [9.17, 15) is 9.90 Å². The van der Waals surface area contributed by atoms with E-state index in [4.69, 9.17) is 9.47 Å². The maximum absolute atomic E-state index is 12.5. The summed E-state index contributed by atoms with van der Waals surface area (Å²) in [5.74, 6) is 3.27. The van der Waals surface area contributed by atoms with E-state index in [1.165, 1.54) is 38.5 Å². The van der Waals surface area contributed by atoms with E-state index in [2.05, 4.69) is 15.3 Å². The molecule has 6 aliphatic rings. The largest absolute Gasteiger partial charge is 0.444 e. The van der Waals surface area contributed by atoms with Crippen LogP contribution in [0.25, 0.3) is 0 Å². The van der Waals surface area contributed by atoms with E-state index in [-0.39, 0.29) is 23.7 Å². The zero-order chi connectivity index (χ0) is 21.7. The molecule has 0 spiro atoms. The summed E-state index contributed by atoms with van der Waals surface area (Å²) in [5.41, 5.74) is 2.01. The molecule has 8 heteroatoms. The third-order valence-electron chi connectivity index (χ3n) is 8.68. The molecule has 2 aliphatic heterocycles. The molecular formula is C24H34N4O4.